The molecule has 0 fully saturated rings. The lowest BCUT2D eigenvalue weighted by Crippen LogP contribution is -2.36. The summed E-state index contributed by atoms with van der Waals surface area (Å²) in [5, 5.41) is 3.82. The largest absolute Gasteiger partial charge is 0.397 e. The standard InChI is InChI=1S/C23H32N2/c1-3-17(4-2)19-13-10-14-20(18-11-6-5-7-12-18)23(19)25-22-16-9-8-15-21(22)24/h3,8-9,11,13,15-16,20,23,25H,4-7,10,12,14,24H2,1-2H3/b17-3+. The van der Waals surface area contributed by atoms with Crippen LogP contribution >= 0.6 is 0 Å². The molecule has 2 heteroatoms. The first-order valence-corrected chi connectivity index (χ1v) is 9.90. The molecular weight excluding hydrogens is 304 g/mol. The monoisotopic (exact) mass is 336 g/mol. The fraction of sp³-hybridized carbons (Fsp3) is 0.478. The third-order valence-electron chi connectivity index (χ3n) is 5.75. The van der Waals surface area contributed by atoms with Crippen LogP contribution in [-0.4, -0.2) is 6.04 Å². The van der Waals surface area contributed by atoms with Crippen LogP contribution < -0.4 is 11.1 Å². The Morgan fingerprint density at radius 1 is 1.20 bits per heavy atom. The summed E-state index contributed by atoms with van der Waals surface area (Å²) in [5.74, 6) is 0.585. The molecule has 0 heterocycles. The molecule has 134 valence electrons. The van der Waals surface area contributed by atoms with Gasteiger partial charge in [-0.25, -0.2) is 0 Å². The van der Waals surface area contributed by atoms with Crippen LogP contribution in [0, 0.1) is 5.92 Å². The van der Waals surface area contributed by atoms with Gasteiger partial charge in [0, 0.05) is 5.92 Å². The summed E-state index contributed by atoms with van der Waals surface area (Å²) in [5.41, 5.74) is 12.7. The molecule has 0 amide bonds. The van der Waals surface area contributed by atoms with Gasteiger partial charge in [-0.3, -0.25) is 0 Å². The highest BCUT2D eigenvalue weighted by atomic mass is 15.0. The molecule has 3 rings (SSSR count). The second-order valence-corrected chi connectivity index (χ2v) is 7.24. The van der Waals surface area contributed by atoms with Crippen molar-refractivity contribution in [2.75, 3.05) is 11.1 Å². The van der Waals surface area contributed by atoms with Crippen molar-refractivity contribution in [1.82, 2.24) is 0 Å². The quantitative estimate of drug-likeness (QED) is 0.493. The molecule has 0 saturated heterocycles. The Hall–Kier alpha value is -1.96. The first-order valence-electron chi connectivity index (χ1n) is 9.90. The predicted molar refractivity (Wildman–Crippen MR) is 110 cm³/mol. The normalized spacial score (nSPS) is 24.5. The number of nitrogen functional groups attached to an aromatic ring is 1. The van der Waals surface area contributed by atoms with Crippen molar-refractivity contribution < 1.29 is 0 Å². The Balaban J connectivity index is 1.96. The van der Waals surface area contributed by atoms with Gasteiger partial charge in [-0.2, -0.15) is 0 Å². The first-order chi connectivity index (χ1) is 12.2. The van der Waals surface area contributed by atoms with Gasteiger partial charge < -0.3 is 11.1 Å². The molecule has 2 nitrogen and oxygen atoms in total. The summed E-state index contributed by atoms with van der Waals surface area (Å²) in [4.78, 5) is 0. The fourth-order valence-electron chi connectivity index (χ4n) is 4.41. The zero-order valence-electron chi connectivity index (χ0n) is 15.7. The number of para-hydroxylation sites is 2. The van der Waals surface area contributed by atoms with E-state index in [0.717, 1.165) is 17.8 Å². The Labute approximate surface area is 152 Å². The number of benzene rings is 1. The molecule has 0 radical (unpaired) electrons. The molecular formula is C23H32N2. The van der Waals surface area contributed by atoms with E-state index >= 15 is 0 Å². The molecule has 2 aliphatic rings. The van der Waals surface area contributed by atoms with Gasteiger partial charge in [-0.15, -0.1) is 0 Å². The van der Waals surface area contributed by atoms with Gasteiger partial charge in [0.1, 0.15) is 0 Å². The Bertz CT molecular complexity index is 681. The molecule has 1 aromatic carbocycles. The first kappa shape index (κ1) is 17.8. The second kappa shape index (κ2) is 8.42. The SMILES string of the molecule is C/C=C(\CC)C1=CCCC(C2=CCCCC2)C1Nc1ccccc1N. The summed E-state index contributed by atoms with van der Waals surface area (Å²) in [6.45, 7) is 4.42. The number of nitrogens with two attached hydrogens (primary N) is 1. The van der Waals surface area contributed by atoms with Gasteiger partial charge in [0.15, 0.2) is 0 Å². The topological polar surface area (TPSA) is 38.0 Å². The van der Waals surface area contributed by atoms with E-state index in [1.54, 1.807) is 5.57 Å². The number of hydrogen-bond acceptors (Lipinski definition) is 2. The molecule has 25 heavy (non-hydrogen) atoms. The predicted octanol–water partition coefficient (Wildman–Crippen LogP) is 6.24. The van der Waals surface area contributed by atoms with E-state index in [9.17, 15) is 0 Å². The Morgan fingerprint density at radius 3 is 2.72 bits per heavy atom. The summed E-state index contributed by atoms with van der Waals surface area (Å²) >= 11 is 0. The van der Waals surface area contributed by atoms with Crippen LogP contribution in [0.15, 0.2) is 59.2 Å². The number of rotatable bonds is 5. The van der Waals surface area contributed by atoms with Gasteiger partial charge in [0.25, 0.3) is 0 Å². The molecule has 2 aliphatic carbocycles. The molecule has 0 spiro atoms. The second-order valence-electron chi connectivity index (χ2n) is 7.24. The maximum atomic E-state index is 6.24. The average Bonchev–Trinajstić information content (AvgIpc) is 2.66. The van der Waals surface area contributed by atoms with E-state index in [-0.39, 0.29) is 0 Å². The number of nitrogens with one attached hydrogen (secondary N) is 1. The third kappa shape index (κ3) is 4.00. The van der Waals surface area contributed by atoms with Crippen LogP contribution in [-0.2, 0) is 0 Å². The van der Waals surface area contributed by atoms with Gasteiger partial charge in [0.05, 0.1) is 17.4 Å². The summed E-state index contributed by atoms with van der Waals surface area (Å²) in [6.07, 6.45) is 15.9. The van der Waals surface area contributed by atoms with Crippen LogP contribution in [0.1, 0.15) is 58.8 Å². The van der Waals surface area contributed by atoms with Crippen molar-refractivity contribution in [3.05, 3.63) is 59.2 Å². The number of allylic oxidation sites excluding steroid dienone is 3. The van der Waals surface area contributed by atoms with Crippen molar-refractivity contribution >= 4 is 11.4 Å². The minimum absolute atomic E-state index is 0.328. The van der Waals surface area contributed by atoms with E-state index < -0.39 is 0 Å². The maximum Gasteiger partial charge on any atom is 0.0579 e. The van der Waals surface area contributed by atoms with Gasteiger partial charge in [0.2, 0.25) is 0 Å². The van der Waals surface area contributed by atoms with Crippen LogP contribution in [0.25, 0.3) is 0 Å². The van der Waals surface area contributed by atoms with Crippen molar-refractivity contribution in [1.29, 1.82) is 0 Å². The zero-order valence-corrected chi connectivity index (χ0v) is 15.7. The molecule has 3 N–H and O–H groups in total. The Kier molecular flexibility index (Phi) is 6.01. The third-order valence-corrected chi connectivity index (χ3v) is 5.75. The average molecular weight is 337 g/mol. The lowest BCUT2D eigenvalue weighted by molar-refractivity contribution is 0.463. The number of anilines is 2. The Morgan fingerprint density at radius 2 is 2.04 bits per heavy atom. The maximum absolute atomic E-state index is 6.24. The highest BCUT2D eigenvalue weighted by Gasteiger charge is 2.32. The molecule has 2 atom stereocenters. The van der Waals surface area contributed by atoms with E-state index in [1.807, 2.05) is 12.1 Å². The van der Waals surface area contributed by atoms with E-state index in [2.05, 4.69) is 49.5 Å². The van der Waals surface area contributed by atoms with E-state index in [1.165, 1.54) is 49.7 Å². The van der Waals surface area contributed by atoms with Crippen LogP contribution in [0.3, 0.4) is 0 Å². The smallest absolute Gasteiger partial charge is 0.0579 e. The van der Waals surface area contributed by atoms with Gasteiger partial charge in [-0.1, -0.05) is 42.9 Å². The molecule has 0 aliphatic heterocycles. The van der Waals surface area contributed by atoms with E-state index in [0.29, 0.717) is 12.0 Å². The molecule has 0 aromatic heterocycles. The van der Waals surface area contributed by atoms with Crippen molar-refractivity contribution in [2.24, 2.45) is 5.92 Å². The lowest BCUT2D eigenvalue weighted by atomic mass is 9.74. The highest BCUT2D eigenvalue weighted by Crippen LogP contribution is 2.40. The molecule has 2 unspecified atom stereocenters. The highest BCUT2D eigenvalue weighted by molar-refractivity contribution is 5.67. The van der Waals surface area contributed by atoms with Gasteiger partial charge >= 0.3 is 0 Å². The van der Waals surface area contributed by atoms with Crippen LogP contribution in [0.4, 0.5) is 11.4 Å². The van der Waals surface area contributed by atoms with Crippen LogP contribution in [0.5, 0.6) is 0 Å². The van der Waals surface area contributed by atoms with Crippen molar-refractivity contribution in [2.45, 2.75) is 64.8 Å². The summed E-state index contributed by atoms with van der Waals surface area (Å²) in [6, 6.07) is 8.49. The zero-order chi connectivity index (χ0) is 17.6. The van der Waals surface area contributed by atoms with Crippen molar-refractivity contribution in [3.63, 3.8) is 0 Å². The molecule has 0 saturated carbocycles. The fourth-order valence-corrected chi connectivity index (χ4v) is 4.41. The summed E-state index contributed by atoms with van der Waals surface area (Å²) < 4.78 is 0. The molecule has 0 bridgehead atoms. The number of hydrogen-bond donors (Lipinski definition) is 2. The minimum Gasteiger partial charge on any atom is -0.397 e. The van der Waals surface area contributed by atoms with Gasteiger partial charge in [-0.05, 0) is 75.1 Å². The summed E-state index contributed by atoms with van der Waals surface area (Å²) in [7, 11) is 0. The van der Waals surface area contributed by atoms with E-state index in [4.69, 9.17) is 5.73 Å². The van der Waals surface area contributed by atoms with Crippen molar-refractivity contribution in [3.8, 4) is 0 Å². The lowest BCUT2D eigenvalue weighted by Gasteiger charge is -2.38. The molecule has 1 aromatic rings. The van der Waals surface area contributed by atoms with Crippen LogP contribution in [0.2, 0.25) is 0 Å². The minimum atomic E-state index is 0.328.